The highest BCUT2D eigenvalue weighted by atomic mass is 16.4. The molecule has 0 bridgehead atoms. The van der Waals surface area contributed by atoms with E-state index in [4.69, 9.17) is 5.11 Å². The molecule has 3 nitrogen and oxygen atoms in total. The molecule has 28 heavy (non-hydrogen) atoms. The number of aryl methyl sites for hydroxylation is 3. The van der Waals surface area contributed by atoms with Crippen molar-refractivity contribution in [3.63, 3.8) is 0 Å². The highest BCUT2D eigenvalue weighted by molar-refractivity contribution is 5.87. The normalized spacial score (nSPS) is 16.7. The van der Waals surface area contributed by atoms with Crippen LogP contribution in [0.3, 0.4) is 0 Å². The molecule has 0 fully saturated rings. The molecule has 142 valence electrons. The smallest absolute Gasteiger partial charge is 0.335 e. The number of carboxylic acid groups (broad SMARTS) is 1. The van der Waals surface area contributed by atoms with E-state index in [0.29, 0.717) is 5.56 Å². The molecular formula is C25H24O3. The Bertz CT molecular complexity index is 992. The quantitative estimate of drug-likeness (QED) is 0.652. The van der Waals surface area contributed by atoms with Crippen molar-refractivity contribution < 1.29 is 15.0 Å². The van der Waals surface area contributed by atoms with Crippen LogP contribution in [0, 0.1) is 0 Å². The van der Waals surface area contributed by atoms with Crippen LogP contribution in [-0.4, -0.2) is 22.3 Å². The van der Waals surface area contributed by atoms with E-state index in [9.17, 15) is 9.90 Å². The maximum Gasteiger partial charge on any atom is 0.335 e. The lowest BCUT2D eigenvalue weighted by molar-refractivity contribution is 0.0697. The van der Waals surface area contributed by atoms with Crippen molar-refractivity contribution >= 4 is 5.97 Å². The summed E-state index contributed by atoms with van der Waals surface area (Å²) in [5, 5.41) is 18.2. The van der Waals surface area contributed by atoms with E-state index in [2.05, 4.69) is 36.4 Å². The Balaban J connectivity index is 0.000000181. The number of aromatic carboxylic acids is 1. The van der Waals surface area contributed by atoms with Crippen molar-refractivity contribution in [3.05, 3.63) is 94.5 Å². The lowest BCUT2D eigenvalue weighted by Crippen LogP contribution is -2.19. The van der Waals surface area contributed by atoms with Gasteiger partial charge in [0.2, 0.25) is 0 Å². The van der Waals surface area contributed by atoms with Crippen molar-refractivity contribution in [2.45, 2.75) is 38.2 Å². The van der Waals surface area contributed by atoms with Crippen molar-refractivity contribution in [3.8, 4) is 11.1 Å². The monoisotopic (exact) mass is 372 g/mol. The molecule has 0 radical (unpaired) electrons. The van der Waals surface area contributed by atoms with E-state index in [1.165, 1.54) is 33.4 Å². The largest absolute Gasteiger partial charge is 0.478 e. The summed E-state index contributed by atoms with van der Waals surface area (Å²) < 4.78 is 0. The van der Waals surface area contributed by atoms with Crippen LogP contribution in [0.5, 0.6) is 0 Å². The van der Waals surface area contributed by atoms with Gasteiger partial charge in [-0.1, -0.05) is 54.6 Å². The standard InChI is InChI=1S/C18H18O.C7H6O2/c19-16-8-7-13-9-14-6-5-12-3-1-2-4-17(12)18(14)11-15(13)10-16;8-7(9)6-4-2-1-3-5-6/h1-4,9,11,16,19H,5-8,10H2;1-5H,(H,8,9)/t16-;/m1./s1. The number of rotatable bonds is 1. The second kappa shape index (κ2) is 7.99. The molecule has 1 atom stereocenters. The van der Waals surface area contributed by atoms with Crippen LogP contribution >= 0.6 is 0 Å². The zero-order chi connectivity index (χ0) is 19.5. The molecular weight excluding hydrogens is 348 g/mol. The Morgan fingerprint density at radius 2 is 1.46 bits per heavy atom. The first-order valence-electron chi connectivity index (χ1n) is 9.81. The number of hydrogen-bond donors (Lipinski definition) is 2. The molecule has 0 saturated carbocycles. The highest BCUT2D eigenvalue weighted by Gasteiger charge is 2.22. The van der Waals surface area contributed by atoms with Gasteiger partial charge in [0.1, 0.15) is 0 Å². The molecule has 3 aromatic rings. The number of carboxylic acids is 1. The molecule has 2 aliphatic carbocycles. The van der Waals surface area contributed by atoms with E-state index in [1.807, 2.05) is 0 Å². The van der Waals surface area contributed by atoms with Gasteiger partial charge in [0.15, 0.2) is 0 Å². The molecule has 2 aliphatic rings. The Hall–Kier alpha value is -2.91. The van der Waals surface area contributed by atoms with Crippen LogP contribution in [0.2, 0.25) is 0 Å². The molecule has 0 spiro atoms. The molecule has 5 rings (SSSR count). The number of fused-ring (bicyclic) bond motifs is 4. The average molecular weight is 372 g/mol. The zero-order valence-corrected chi connectivity index (χ0v) is 15.8. The third kappa shape index (κ3) is 3.85. The van der Waals surface area contributed by atoms with Crippen LogP contribution in [0.25, 0.3) is 11.1 Å². The van der Waals surface area contributed by atoms with Gasteiger partial charge in [-0.15, -0.1) is 0 Å². The maximum absolute atomic E-state index is 10.2. The lowest BCUT2D eigenvalue weighted by Gasteiger charge is -2.26. The third-order valence-electron chi connectivity index (χ3n) is 5.62. The summed E-state index contributed by atoms with van der Waals surface area (Å²) in [5.41, 5.74) is 8.90. The van der Waals surface area contributed by atoms with Gasteiger partial charge in [0.25, 0.3) is 0 Å². The molecule has 0 unspecified atom stereocenters. The fraction of sp³-hybridized carbons (Fsp3) is 0.240. The molecule has 2 N–H and O–H groups in total. The van der Waals surface area contributed by atoms with Gasteiger partial charge >= 0.3 is 5.97 Å². The van der Waals surface area contributed by atoms with E-state index < -0.39 is 5.97 Å². The Morgan fingerprint density at radius 3 is 2.21 bits per heavy atom. The molecule has 0 saturated heterocycles. The van der Waals surface area contributed by atoms with Gasteiger partial charge in [-0.05, 0) is 77.6 Å². The summed E-state index contributed by atoms with van der Waals surface area (Å²) in [6, 6.07) is 21.8. The Kier molecular flexibility index (Phi) is 5.27. The van der Waals surface area contributed by atoms with E-state index in [0.717, 1.165) is 32.1 Å². The molecule has 0 aromatic heterocycles. The summed E-state index contributed by atoms with van der Waals surface area (Å²) in [6.45, 7) is 0. The number of aliphatic hydroxyl groups is 1. The first kappa shape index (κ1) is 18.5. The van der Waals surface area contributed by atoms with Crippen LogP contribution in [0.4, 0.5) is 0 Å². The van der Waals surface area contributed by atoms with Gasteiger partial charge in [-0.3, -0.25) is 0 Å². The van der Waals surface area contributed by atoms with Crippen molar-refractivity contribution in [2.75, 3.05) is 0 Å². The third-order valence-corrected chi connectivity index (χ3v) is 5.62. The SMILES string of the molecule is O=C(O)c1ccccc1.O[C@@H]1CCc2cc3c(cc2C1)-c1ccccc1CC3. The first-order valence-corrected chi connectivity index (χ1v) is 9.81. The minimum absolute atomic E-state index is 0.149. The number of benzene rings is 3. The summed E-state index contributed by atoms with van der Waals surface area (Å²) >= 11 is 0. The van der Waals surface area contributed by atoms with Crippen molar-refractivity contribution in [1.82, 2.24) is 0 Å². The number of hydrogen-bond acceptors (Lipinski definition) is 2. The lowest BCUT2D eigenvalue weighted by atomic mass is 9.80. The van der Waals surface area contributed by atoms with Crippen molar-refractivity contribution in [2.24, 2.45) is 0 Å². The van der Waals surface area contributed by atoms with Gasteiger partial charge < -0.3 is 10.2 Å². The summed E-state index contributed by atoms with van der Waals surface area (Å²) in [6.07, 6.45) is 4.94. The topological polar surface area (TPSA) is 57.5 Å². The molecule has 3 aromatic carbocycles. The summed E-state index contributed by atoms with van der Waals surface area (Å²) in [5.74, 6) is -0.879. The highest BCUT2D eigenvalue weighted by Crippen LogP contribution is 2.36. The minimum Gasteiger partial charge on any atom is -0.478 e. The maximum atomic E-state index is 10.2. The van der Waals surface area contributed by atoms with Crippen molar-refractivity contribution in [1.29, 1.82) is 0 Å². The van der Waals surface area contributed by atoms with Gasteiger partial charge in [-0.25, -0.2) is 4.79 Å². The van der Waals surface area contributed by atoms with E-state index in [-0.39, 0.29) is 6.10 Å². The second-order valence-electron chi connectivity index (χ2n) is 7.50. The zero-order valence-electron chi connectivity index (χ0n) is 15.8. The second-order valence-corrected chi connectivity index (χ2v) is 7.50. The van der Waals surface area contributed by atoms with Crippen LogP contribution < -0.4 is 0 Å². The molecule has 3 heteroatoms. The van der Waals surface area contributed by atoms with Crippen LogP contribution in [-0.2, 0) is 25.7 Å². The van der Waals surface area contributed by atoms with Gasteiger partial charge in [0.05, 0.1) is 11.7 Å². The van der Waals surface area contributed by atoms with E-state index in [1.54, 1.807) is 30.3 Å². The number of aliphatic hydroxyl groups excluding tert-OH is 1. The first-order chi connectivity index (χ1) is 13.6. The fourth-order valence-electron chi connectivity index (χ4n) is 4.15. The Labute approximate surface area is 165 Å². The van der Waals surface area contributed by atoms with E-state index >= 15 is 0 Å². The van der Waals surface area contributed by atoms with Crippen LogP contribution in [0.1, 0.15) is 39.0 Å². The van der Waals surface area contributed by atoms with Gasteiger partial charge in [-0.2, -0.15) is 0 Å². The molecule has 0 heterocycles. The fourth-order valence-corrected chi connectivity index (χ4v) is 4.15. The number of carbonyl (C=O) groups is 1. The Morgan fingerprint density at radius 1 is 0.750 bits per heavy atom. The predicted molar refractivity (Wildman–Crippen MR) is 111 cm³/mol. The summed E-state index contributed by atoms with van der Waals surface area (Å²) in [7, 11) is 0. The minimum atomic E-state index is -0.879. The van der Waals surface area contributed by atoms with Gasteiger partial charge in [0, 0.05) is 0 Å². The van der Waals surface area contributed by atoms with Crippen LogP contribution in [0.15, 0.2) is 66.7 Å². The molecule has 0 amide bonds. The average Bonchev–Trinajstić information content (AvgIpc) is 2.73. The summed E-state index contributed by atoms with van der Waals surface area (Å²) in [4.78, 5) is 10.2. The molecule has 0 aliphatic heterocycles. The predicted octanol–water partition coefficient (Wildman–Crippen LogP) is 4.69.